The highest BCUT2D eigenvalue weighted by molar-refractivity contribution is 5.82. The Labute approximate surface area is 177 Å². The number of fused-ring (bicyclic) bond motifs is 2. The van der Waals surface area contributed by atoms with E-state index in [9.17, 15) is 8.78 Å². The zero-order valence-corrected chi connectivity index (χ0v) is 17.2. The summed E-state index contributed by atoms with van der Waals surface area (Å²) in [5, 5.41) is 9.21. The quantitative estimate of drug-likeness (QED) is 0.542. The van der Waals surface area contributed by atoms with Gasteiger partial charge in [0.05, 0.1) is 12.6 Å². The van der Waals surface area contributed by atoms with E-state index < -0.39 is 18.0 Å². The van der Waals surface area contributed by atoms with Crippen LogP contribution in [0.1, 0.15) is 18.5 Å². The van der Waals surface area contributed by atoms with Crippen molar-refractivity contribution in [3.63, 3.8) is 0 Å². The molecule has 2 N–H and O–H groups in total. The minimum atomic E-state index is -1.01. The van der Waals surface area contributed by atoms with Crippen molar-refractivity contribution in [3.05, 3.63) is 54.0 Å². The molecule has 0 radical (unpaired) electrons. The van der Waals surface area contributed by atoms with E-state index in [1.54, 1.807) is 18.2 Å². The molecule has 1 fully saturated rings. The normalized spacial score (nSPS) is 20.5. The van der Waals surface area contributed by atoms with E-state index in [1.807, 2.05) is 34.6 Å². The lowest BCUT2D eigenvalue weighted by molar-refractivity contribution is 0.235. The molecule has 5 rings (SSSR count). The summed E-state index contributed by atoms with van der Waals surface area (Å²) in [5.74, 6) is 0.262. The second-order valence-electron chi connectivity index (χ2n) is 7.90. The minimum absolute atomic E-state index is 0.0109. The average Bonchev–Trinajstić information content (AvgIpc) is 3.35. The van der Waals surface area contributed by atoms with Crippen LogP contribution < -0.4 is 10.5 Å². The lowest BCUT2D eigenvalue weighted by Gasteiger charge is -2.24. The molecule has 0 aliphatic carbocycles. The molecule has 4 heterocycles. The number of halogens is 2. The van der Waals surface area contributed by atoms with Crippen LogP contribution in [-0.2, 0) is 0 Å². The zero-order valence-electron chi connectivity index (χ0n) is 17.2. The molecule has 4 aromatic rings. The smallest absolute Gasteiger partial charge is 0.187 e. The molecule has 0 unspecified atom stereocenters. The Balaban J connectivity index is 1.54. The van der Waals surface area contributed by atoms with Gasteiger partial charge in [0.25, 0.3) is 0 Å². The summed E-state index contributed by atoms with van der Waals surface area (Å²) in [7, 11) is 1.42. The third-order valence-corrected chi connectivity index (χ3v) is 5.97. The summed E-state index contributed by atoms with van der Waals surface area (Å²) in [4.78, 5) is 6.68. The Hall–Kier alpha value is -3.17. The first-order valence-electron chi connectivity index (χ1n) is 10.1. The predicted molar refractivity (Wildman–Crippen MR) is 113 cm³/mol. The Morgan fingerprint density at radius 3 is 2.74 bits per heavy atom. The first kappa shape index (κ1) is 19.8. The van der Waals surface area contributed by atoms with E-state index >= 15 is 0 Å². The van der Waals surface area contributed by atoms with Gasteiger partial charge in [-0.25, -0.2) is 13.8 Å². The molecule has 3 atom stereocenters. The van der Waals surface area contributed by atoms with E-state index in [1.165, 1.54) is 13.2 Å². The molecule has 0 bridgehead atoms. The van der Waals surface area contributed by atoms with Crippen molar-refractivity contribution in [2.75, 3.05) is 20.2 Å². The topological polar surface area (TPSA) is 81.6 Å². The SMILES string of the molecule is COc1cc2nc(-c3nnc4ccc([C@H](C)N5C[C@@H](N)[C@H](F)C5)cn34)ccc2cc1F. The molecule has 7 nitrogen and oxygen atoms in total. The van der Waals surface area contributed by atoms with Crippen LogP contribution in [0.4, 0.5) is 8.78 Å². The molecule has 0 amide bonds. The molecule has 1 aliphatic heterocycles. The molecule has 9 heteroatoms. The minimum Gasteiger partial charge on any atom is -0.494 e. The number of nitrogens with zero attached hydrogens (tertiary/aromatic N) is 5. The third kappa shape index (κ3) is 3.39. The largest absolute Gasteiger partial charge is 0.494 e. The van der Waals surface area contributed by atoms with Gasteiger partial charge < -0.3 is 10.5 Å². The number of hydrogen-bond donors (Lipinski definition) is 1. The maximum atomic E-state index is 14.0. The summed E-state index contributed by atoms with van der Waals surface area (Å²) in [5.41, 5.74) is 8.72. The molecular weight excluding hydrogens is 402 g/mol. The Morgan fingerprint density at radius 1 is 1.16 bits per heavy atom. The van der Waals surface area contributed by atoms with Crippen LogP contribution in [0.25, 0.3) is 28.1 Å². The highest BCUT2D eigenvalue weighted by atomic mass is 19.1. The lowest BCUT2D eigenvalue weighted by Crippen LogP contribution is -2.31. The molecule has 0 spiro atoms. The van der Waals surface area contributed by atoms with Crippen molar-refractivity contribution >= 4 is 16.6 Å². The van der Waals surface area contributed by atoms with Crippen molar-refractivity contribution < 1.29 is 13.5 Å². The van der Waals surface area contributed by atoms with Gasteiger partial charge in [0.1, 0.15) is 11.9 Å². The lowest BCUT2D eigenvalue weighted by atomic mass is 10.1. The van der Waals surface area contributed by atoms with Crippen molar-refractivity contribution in [1.82, 2.24) is 24.5 Å². The van der Waals surface area contributed by atoms with Crippen LogP contribution in [0, 0.1) is 5.82 Å². The van der Waals surface area contributed by atoms with Gasteiger partial charge in [-0.3, -0.25) is 9.30 Å². The van der Waals surface area contributed by atoms with Gasteiger partial charge in [0, 0.05) is 42.8 Å². The Kier molecular flexibility index (Phi) is 4.79. The van der Waals surface area contributed by atoms with Crippen molar-refractivity contribution in [2.45, 2.75) is 25.2 Å². The molecule has 1 aliphatic rings. The molecular formula is C22H22F2N6O. The second-order valence-corrected chi connectivity index (χ2v) is 7.90. The van der Waals surface area contributed by atoms with E-state index in [-0.39, 0.29) is 11.8 Å². The number of benzene rings is 1. The van der Waals surface area contributed by atoms with Crippen LogP contribution in [0.3, 0.4) is 0 Å². The maximum absolute atomic E-state index is 14.0. The van der Waals surface area contributed by atoms with Crippen LogP contribution in [-0.4, -0.2) is 56.9 Å². The number of aromatic nitrogens is 4. The van der Waals surface area contributed by atoms with Gasteiger partial charge in [-0.2, -0.15) is 0 Å². The summed E-state index contributed by atoms with van der Waals surface area (Å²) in [6.07, 6.45) is 0.934. The third-order valence-electron chi connectivity index (χ3n) is 5.97. The molecule has 160 valence electrons. The number of likely N-dealkylation sites (tertiary alicyclic amines) is 1. The standard InChI is InChI=1S/C22H22F2N6O/c1-12(29-10-16(24)17(25)11-29)14-4-6-21-27-28-22(30(21)9-14)18-5-3-13-7-15(23)20(31-2)8-19(13)26-18/h3-9,12,16-17H,10-11,25H2,1-2H3/t12-,16+,17+/m0/s1. The summed E-state index contributed by atoms with van der Waals surface area (Å²) in [6, 6.07) is 9.92. The maximum Gasteiger partial charge on any atom is 0.187 e. The summed E-state index contributed by atoms with van der Waals surface area (Å²) in [6.45, 7) is 2.87. The fourth-order valence-electron chi connectivity index (χ4n) is 4.08. The second kappa shape index (κ2) is 7.51. The van der Waals surface area contributed by atoms with Crippen molar-refractivity contribution in [1.29, 1.82) is 0 Å². The van der Waals surface area contributed by atoms with Gasteiger partial charge in [-0.05, 0) is 30.7 Å². The Bertz CT molecular complexity index is 1270. The fraction of sp³-hybridized carbons (Fsp3) is 0.318. The molecule has 1 aromatic carbocycles. The highest BCUT2D eigenvalue weighted by Gasteiger charge is 2.33. The van der Waals surface area contributed by atoms with Crippen LogP contribution in [0.15, 0.2) is 42.6 Å². The molecule has 3 aromatic heterocycles. The van der Waals surface area contributed by atoms with Gasteiger partial charge in [0.15, 0.2) is 23.0 Å². The average molecular weight is 424 g/mol. The van der Waals surface area contributed by atoms with E-state index in [0.717, 1.165) is 5.56 Å². The van der Waals surface area contributed by atoms with Crippen LogP contribution in [0.2, 0.25) is 0 Å². The van der Waals surface area contributed by atoms with E-state index in [0.29, 0.717) is 41.2 Å². The van der Waals surface area contributed by atoms with Gasteiger partial charge in [0.2, 0.25) is 0 Å². The monoisotopic (exact) mass is 424 g/mol. The highest BCUT2D eigenvalue weighted by Crippen LogP contribution is 2.29. The Morgan fingerprint density at radius 2 is 2.00 bits per heavy atom. The van der Waals surface area contributed by atoms with Crippen molar-refractivity contribution in [3.8, 4) is 17.3 Å². The number of alkyl halides is 1. The van der Waals surface area contributed by atoms with Crippen molar-refractivity contribution in [2.24, 2.45) is 5.73 Å². The summed E-state index contributed by atoms with van der Waals surface area (Å²) < 4.78 is 34.8. The molecule has 0 saturated carbocycles. The number of nitrogens with two attached hydrogens (primary N) is 1. The van der Waals surface area contributed by atoms with E-state index in [2.05, 4.69) is 15.2 Å². The van der Waals surface area contributed by atoms with E-state index in [4.69, 9.17) is 10.5 Å². The number of methoxy groups -OCH3 is 1. The number of hydrogen-bond acceptors (Lipinski definition) is 6. The number of ether oxygens (including phenoxy) is 1. The molecule has 1 saturated heterocycles. The van der Waals surface area contributed by atoms with Gasteiger partial charge >= 0.3 is 0 Å². The van der Waals surface area contributed by atoms with Crippen LogP contribution in [0.5, 0.6) is 5.75 Å². The van der Waals surface area contributed by atoms with Gasteiger partial charge in [-0.15, -0.1) is 10.2 Å². The van der Waals surface area contributed by atoms with Gasteiger partial charge in [-0.1, -0.05) is 12.1 Å². The van der Waals surface area contributed by atoms with Crippen LogP contribution >= 0.6 is 0 Å². The molecule has 31 heavy (non-hydrogen) atoms. The predicted octanol–water partition coefficient (Wildman–Crippen LogP) is 3.13. The first-order chi connectivity index (χ1) is 14.9. The first-order valence-corrected chi connectivity index (χ1v) is 10.1. The number of pyridine rings is 2. The zero-order chi connectivity index (χ0) is 21.7. The number of rotatable bonds is 4. The fourth-order valence-corrected chi connectivity index (χ4v) is 4.08. The summed E-state index contributed by atoms with van der Waals surface area (Å²) >= 11 is 0.